The zero-order valence-electron chi connectivity index (χ0n) is 9.05. The molecule has 0 bridgehead atoms. The molecule has 6 nitrogen and oxygen atoms in total. The smallest absolute Gasteiger partial charge is 0.246 e. The zero-order chi connectivity index (χ0) is 13.2. The minimum absolute atomic E-state index is 0.00122. The van der Waals surface area contributed by atoms with Gasteiger partial charge in [-0.3, -0.25) is 4.79 Å². The molecule has 0 saturated carbocycles. The first-order valence-electron chi connectivity index (χ1n) is 4.55. The lowest BCUT2D eigenvalue weighted by atomic mass is 10.3. The summed E-state index contributed by atoms with van der Waals surface area (Å²) in [6, 6.07) is 4.35. The third-order valence-corrected chi connectivity index (χ3v) is 4.39. The second-order valence-electron chi connectivity index (χ2n) is 3.39. The van der Waals surface area contributed by atoms with E-state index in [-0.39, 0.29) is 15.6 Å². The second kappa shape index (κ2) is 4.91. The number of rotatable bonds is 4. The SMILES string of the molecule is CN(CC(N)=O)S(=O)(=O)c1c(N)cccc1Cl. The second-order valence-corrected chi connectivity index (χ2v) is 5.77. The molecule has 4 N–H and O–H groups in total. The Morgan fingerprint density at radius 1 is 1.47 bits per heavy atom. The number of benzene rings is 1. The van der Waals surface area contributed by atoms with Crippen LogP contribution >= 0.6 is 11.6 Å². The minimum atomic E-state index is -3.92. The van der Waals surface area contributed by atoms with Crippen molar-refractivity contribution in [3.63, 3.8) is 0 Å². The molecule has 0 saturated heterocycles. The molecule has 0 heterocycles. The first kappa shape index (κ1) is 13.8. The third-order valence-electron chi connectivity index (χ3n) is 2.04. The molecule has 1 aromatic carbocycles. The molecular formula is C9H12ClN3O3S. The maximum Gasteiger partial charge on any atom is 0.246 e. The van der Waals surface area contributed by atoms with Crippen LogP contribution in [0.15, 0.2) is 23.1 Å². The maximum atomic E-state index is 12.1. The van der Waals surface area contributed by atoms with E-state index in [1.807, 2.05) is 0 Å². The van der Waals surface area contributed by atoms with E-state index in [1.165, 1.54) is 25.2 Å². The van der Waals surface area contributed by atoms with E-state index in [2.05, 4.69) is 0 Å². The molecule has 0 aromatic heterocycles. The highest BCUT2D eigenvalue weighted by Gasteiger charge is 2.26. The van der Waals surface area contributed by atoms with E-state index in [9.17, 15) is 13.2 Å². The van der Waals surface area contributed by atoms with Gasteiger partial charge in [-0.05, 0) is 12.1 Å². The quantitative estimate of drug-likeness (QED) is 0.757. The lowest BCUT2D eigenvalue weighted by Crippen LogP contribution is -2.35. The summed E-state index contributed by atoms with van der Waals surface area (Å²) in [7, 11) is -2.69. The highest BCUT2D eigenvalue weighted by Crippen LogP contribution is 2.29. The zero-order valence-corrected chi connectivity index (χ0v) is 10.6. The molecule has 0 atom stereocenters. The molecule has 8 heteroatoms. The molecule has 0 radical (unpaired) electrons. The number of sulfonamides is 1. The number of carbonyl (C=O) groups excluding carboxylic acids is 1. The molecular weight excluding hydrogens is 266 g/mol. The predicted molar refractivity (Wildman–Crippen MR) is 64.9 cm³/mol. The van der Waals surface area contributed by atoms with Gasteiger partial charge in [0.05, 0.1) is 17.3 Å². The van der Waals surface area contributed by atoms with Crippen LogP contribution in [-0.4, -0.2) is 32.2 Å². The number of amides is 1. The molecule has 0 fully saturated rings. The fourth-order valence-corrected chi connectivity index (χ4v) is 3.02. The number of primary amides is 1. The van der Waals surface area contributed by atoms with E-state index in [0.717, 1.165) is 4.31 Å². The van der Waals surface area contributed by atoms with Crippen LogP contribution in [-0.2, 0) is 14.8 Å². The fraction of sp³-hybridized carbons (Fsp3) is 0.222. The van der Waals surface area contributed by atoms with Crippen LogP contribution < -0.4 is 11.5 Å². The number of hydrogen-bond donors (Lipinski definition) is 2. The van der Waals surface area contributed by atoms with E-state index in [1.54, 1.807) is 0 Å². The Labute approximate surface area is 104 Å². The normalized spacial score (nSPS) is 11.7. The van der Waals surface area contributed by atoms with Gasteiger partial charge in [0.2, 0.25) is 15.9 Å². The molecule has 1 rings (SSSR count). The van der Waals surface area contributed by atoms with Crippen LogP contribution in [0.2, 0.25) is 5.02 Å². The molecule has 0 aliphatic heterocycles. The van der Waals surface area contributed by atoms with E-state index >= 15 is 0 Å². The highest BCUT2D eigenvalue weighted by molar-refractivity contribution is 7.89. The van der Waals surface area contributed by atoms with Gasteiger partial charge in [0.15, 0.2) is 0 Å². The lowest BCUT2D eigenvalue weighted by molar-refractivity contribution is -0.118. The number of likely N-dealkylation sites (N-methyl/N-ethyl adjacent to an activating group) is 1. The van der Waals surface area contributed by atoms with Crippen molar-refractivity contribution in [2.75, 3.05) is 19.3 Å². The Kier molecular flexibility index (Phi) is 3.97. The van der Waals surface area contributed by atoms with Crippen molar-refractivity contribution in [3.05, 3.63) is 23.2 Å². The average molecular weight is 278 g/mol. The van der Waals surface area contributed by atoms with Crippen molar-refractivity contribution in [2.24, 2.45) is 5.73 Å². The van der Waals surface area contributed by atoms with Gasteiger partial charge in [-0.1, -0.05) is 17.7 Å². The summed E-state index contributed by atoms with van der Waals surface area (Å²) in [6.45, 7) is -0.438. The maximum absolute atomic E-state index is 12.1. The van der Waals surface area contributed by atoms with Crippen LogP contribution in [0.3, 0.4) is 0 Å². The monoisotopic (exact) mass is 277 g/mol. The van der Waals surface area contributed by atoms with Crippen molar-refractivity contribution >= 4 is 33.2 Å². The molecule has 94 valence electrons. The van der Waals surface area contributed by atoms with Gasteiger partial charge in [0.1, 0.15) is 4.90 Å². The molecule has 1 amide bonds. The Morgan fingerprint density at radius 3 is 2.53 bits per heavy atom. The van der Waals surface area contributed by atoms with Crippen LogP contribution in [0.4, 0.5) is 5.69 Å². The van der Waals surface area contributed by atoms with Gasteiger partial charge in [-0.2, -0.15) is 4.31 Å². The Morgan fingerprint density at radius 2 is 2.06 bits per heavy atom. The van der Waals surface area contributed by atoms with Gasteiger partial charge in [0.25, 0.3) is 0 Å². The summed E-state index contributed by atoms with van der Waals surface area (Å²) in [5.41, 5.74) is 10.5. The number of halogens is 1. The van der Waals surface area contributed by atoms with E-state index in [0.29, 0.717) is 0 Å². The van der Waals surface area contributed by atoms with Gasteiger partial charge >= 0.3 is 0 Å². The van der Waals surface area contributed by atoms with Crippen molar-refractivity contribution in [1.82, 2.24) is 4.31 Å². The number of nitrogen functional groups attached to an aromatic ring is 1. The number of hydrogen-bond acceptors (Lipinski definition) is 4. The Bertz CT molecular complexity index is 524. The Balaban J connectivity index is 3.27. The van der Waals surface area contributed by atoms with Gasteiger partial charge < -0.3 is 11.5 Å². The average Bonchev–Trinajstić information content (AvgIpc) is 2.15. The molecule has 1 aromatic rings. The predicted octanol–water partition coefficient (Wildman–Crippen LogP) is 0.0280. The van der Waals surface area contributed by atoms with Crippen LogP contribution in [0.1, 0.15) is 0 Å². The summed E-state index contributed by atoms with van der Waals surface area (Å²) in [6.07, 6.45) is 0. The number of nitrogens with two attached hydrogens (primary N) is 2. The Hall–Kier alpha value is -1.31. The molecule has 0 spiro atoms. The fourth-order valence-electron chi connectivity index (χ4n) is 1.26. The van der Waals surface area contributed by atoms with Crippen LogP contribution in [0.25, 0.3) is 0 Å². The molecule has 0 aliphatic rings. The molecule has 17 heavy (non-hydrogen) atoms. The standard InChI is InChI=1S/C9H12ClN3O3S/c1-13(5-8(12)14)17(15,16)9-6(10)3-2-4-7(9)11/h2-4H,5,11H2,1H3,(H2,12,14). The first-order chi connectivity index (χ1) is 7.76. The largest absolute Gasteiger partial charge is 0.398 e. The van der Waals surface area contributed by atoms with Gasteiger partial charge in [-0.15, -0.1) is 0 Å². The van der Waals surface area contributed by atoms with E-state index < -0.39 is 22.5 Å². The number of anilines is 1. The van der Waals surface area contributed by atoms with Crippen LogP contribution in [0.5, 0.6) is 0 Å². The van der Waals surface area contributed by atoms with Crippen LogP contribution in [0, 0.1) is 0 Å². The summed E-state index contributed by atoms with van der Waals surface area (Å²) in [4.78, 5) is 10.5. The first-order valence-corrected chi connectivity index (χ1v) is 6.37. The lowest BCUT2D eigenvalue weighted by Gasteiger charge is -2.17. The third kappa shape index (κ3) is 2.87. The van der Waals surface area contributed by atoms with Gasteiger partial charge in [0, 0.05) is 7.05 Å². The highest BCUT2D eigenvalue weighted by atomic mass is 35.5. The minimum Gasteiger partial charge on any atom is -0.398 e. The van der Waals surface area contributed by atoms with Crippen molar-refractivity contribution in [1.29, 1.82) is 0 Å². The van der Waals surface area contributed by atoms with E-state index in [4.69, 9.17) is 23.1 Å². The van der Waals surface area contributed by atoms with Crippen molar-refractivity contribution in [2.45, 2.75) is 4.90 Å². The van der Waals surface area contributed by atoms with Gasteiger partial charge in [-0.25, -0.2) is 8.42 Å². The summed E-state index contributed by atoms with van der Waals surface area (Å²) >= 11 is 5.79. The van der Waals surface area contributed by atoms with Crippen molar-refractivity contribution in [3.8, 4) is 0 Å². The topological polar surface area (TPSA) is 106 Å². The van der Waals surface area contributed by atoms with Crippen molar-refractivity contribution < 1.29 is 13.2 Å². The number of carbonyl (C=O) groups is 1. The molecule has 0 aliphatic carbocycles. The number of nitrogens with zero attached hydrogens (tertiary/aromatic N) is 1. The summed E-state index contributed by atoms with van der Waals surface area (Å²) < 4.78 is 24.9. The summed E-state index contributed by atoms with van der Waals surface area (Å²) in [5.74, 6) is -0.762. The summed E-state index contributed by atoms with van der Waals surface area (Å²) in [5, 5.41) is 0.00122. The molecule has 0 unspecified atom stereocenters.